The highest BCUT2D eigenvalue weighted by Gasteiger charge is 2.28. The molecule has 84 valence electrons. The third-order valence-electron chi connectivity index (χ3n) is 2.97. The summed E-state index contributed by atoms with van der Waals surface area (Å²) in [5, 5.41) is 11.6. The molecule has 0 aromatic heterocycles. The van der Waals surface area contributed by atoms with Gasteiger partial charge in [0.1, 0.15) is 0 Å². The van der Waals surface area contributed by atoms with Crippen LogP contribution in [0.3, 0.4) is 0 Å². The maximum Gasteiger partial charge on any atom is 0.194 e. The summed E-state index contributed by atoms with van der Waals surface area (Å²) in [5.41, 5.74) is 2.88. The molecule has 0 spiro atoms. The van der Waals surface area contributed by atoms with Crippen LogP contribution in [0.1, 0.15) is 15.9 Å². The van der Waals surface area contributed by atoms with Crippen molar-refractivity contribution in [1.29, 1.82) is 0 Å². The van der Waals surface area contributed by atoms with E-state index < -0.39 is 0 Å². The molecule has 4 nitrogen and oxygen atoms in total. The summed E-state index contributed by atoms with van der Waals surface area (Å²) in [6.45, 7) is 0. The van der Waals surface area contributed by atoms with E-state index in [2.05, 4.69) is 0 Å². The normalized spacial score (nSPS) is 12.2. The van der Waals surface area contributed by atoms with Crippen molar-refractivity contribution in [1.82, 2.24) is 0 Å². The summed E-state index contributed by atoms with van der Waals surface area (Å²) in [5.74, 6) is 5.20. The second-order valence-corrected chi connectivity index (χ2v) is 3.90. The maximum atomic E-state index is 12.1. The molecule has 3 rings (SSSR count). The molecule has 0 atom stereocenters. The minimum atomic E-state index is -0.0562. The minimum absolute atomic E-state index is 0.0562. The topological polar surface area (TPSA) is 69.4 Å². The van der Waals surface area contributed by atoms with E-state index in [1.54, 1.807) is 30.3 Å². The SMILES string of the molecule is NN([O-])c1cccc2c1-c1ccccc1C2=O. The minimum Gasteiger partial charge on any atom is -0.743 e. The van der Waals surface area contributed by atoms with Crippen molar-refractivity contribution in [2.75, 3.05) is 5.17 Å². The number of fused-ring (bicyclic) bond motifs is 3. The van der Waals surface area contributed by atoms with Crippen molar-refractivity contribution in [2.24, 2.45) is 5.84 Å². The second-order valence-electron chi connectivity index (χ2n) is 3.90. The summed E-state index contributed by atoms with van der Waals surface area (Å²) in [7, 11) is 0. The summed E-state index contributed by atoms with van der Waals surface area (Å²) >= 11 is 0. The fraction of sp³-hybridized carbons (Fsp3) is 0. The molecule has 0 saturated carbocycles. The summed E-state index contributed by atoms with van der Waals surface area (Å²) in [4.78, 5) is 12.1. The third kappa shape index (κ3) is 1.28. The Balaban J connectivity index is 2.38. The number of nitrogens with zero attached hydrogens (tertiary/aromatic N) is 1. The lowest BCUT2D eigenvalue weighted by molar-refractivity contribution is 0.104. The lowest BCUT2D eigenvalue weighted by atomic mass is 10.0. The van der Waals surface area contributed by atoms with E-state index in [9.17, 15) is 10.0 Å². The van der Waals surface area contributed by atoms with Gasteiger partial charge in [-0.15, -0.1) is 0 Å². The van der Waals surface area contributed by atoms with Crippen LogP contribution in [0.25, 0.3) is 11.1 Å². The molecule has 1 aliphatic rings. The Hall–Kier alpha value is -2.17. The Bertz CT molecular complexity index is 621. The summed E-state index contributed by atoms with van der Waals surface area (Å²) < 4.78 is 0. The van der Waals surface area contributed by atoms with E-state index in [0.29, 0.717) is 27.5 Å². The number of anilines is 1. The van der Waals surface area contributed by atoms with Gasteiger partial charge < -0.3 is 10.4 Å². The van der Waals surface area contributed by atoms with Gasteiger partial charge in [0.05, 0.1) is 0 Å². The van der Waals surface area contributed by atoms with Gasteiger partial charge in [0.15, 0.2) is 5.78 Å². The Morgan fingerprint density at radius 2 is 1.59 bits per heavy atom. The van der Waals surface area contributed by atoms with Crippen LogP contribution in [0.5, 0.6) is 0 Å². The van der Waals surface area contributed by atoms with E-state index in [0.717, 1.165) is 5.56 Å². The maximum absolute atomic E-state index is 12.1. The average Bonchev–Trinajstić information content (AvgIpc) is 2.64. The molecule has 0 saturated heterocycles. The number of nitrogens with two attached hydrogens (primary N) is 1. The smallest absolute Gasteiger partial charge is 0.194 e. The van der Waals surface area contributed by atoms with E-state index in [1.807, 2.05) is 12.1 Å². The van der Waals surface area contributed by atoms with Gasteiger partial charge in [-0.25, -0.2) is 0 Å². The Morgan fingerprint density at radius 1 is 0.941 bits per heavy atom. The van der Waals surface area contributed by atoms with Gasteiger partial charge in [-0.1, -0.05) is 36.4 Å². The van der Waals surface area contributed by atoms with Crippen molar-refractivity contribution < 1.29 is 4.79 Å². The molecule has 0 heterocycles. The average molecular weight is 225 g/mol. The van der Waals surface area contributed by atoms with Crippen LogP contribution >= 0.6 is 0 Å². The standard InChI is InChI=1S/C13H9N2O2/c14-15(17)11-7-3-6-10-12(11)8-4-1-2-5-9(8)13(10)16/h1-7H,14H2/q-1. The first-order valence-electron chi connectivity index (χ1n) is 5.19. The molecule has 0 radical (unpaired) electrons. The predicted octanol–water partition coefficient (Wildman–Crippen LogP) is 2.08. The monoisotopic (exact) mass is 225 g/mol. The van der Waals surface area contributed by atoms with Crippen LogP contribution < -0.4 is 11.0 Å². The highest BCUT2D eigenvalue weighted by molar-refractivity contribution is 6.23. The van der Waals surface area contributed by atoms with Crippen LogP contribution in [-0.2, 0) is 0 Å². The van der Waals surface area contributed by atoms with Gasteiger partial charge in [0, 0.05) is 22.4 Å². The van der Waals surface area contributed by atoms with Crippen LogP contribution in [0.2, 0.25) is 0 Å². The lowest BCUT2D eigenvalue weighted by Gasteiger charge is -2.26. The fourth-order valence-electron chi connectivity index (χ4n) is 2.24. The molecule has 0 aliphatic heterocycles. The number of hydrazine groups is 1. The van der Waals surface area contributed by atoms with Crippen molar-refractivity contribution in [2.45, 2.75) is 0 Å². The first-order valence-corrected chi connectivity index (χ1v) is 5.19. The molecule has 0 bridgehead atoms. The van der Waals surface area contributed by atoms with Crippen LogP contribution in [0, 0.1) is 5.21 Å². The van der Waals surface area contributed by atoms with Gasteiger partial charge in [-0.2, -0.15) is 0 Å². The van der Waals surface area contributed by atoms with E-state index >= 15 is 0 Å². The third-order valence-corrected chi connectivity index (χ3v) is 2.97. The molecular formula is C13H9N2O2-. The van der Waals surface area contributed by atoms with Crippen molar-refractivity contribution in [3.05, 3.63) is 58.8 Å². The molecule has 2 N–H and O–H groups in total. The molecule has 4 heteroatoms. The van der Waals surface area contributed by atoms with Gasteiger partial charge in [-0.05, 0) is 11.6 Å². The van der Waals surface area contributed by atoms with Crippen molar-refractivity contribution >= 4 is 11.5 Å². The van der Waals surface area contributed by atoms with Gasteiger partial charge in [0.2, 0.25) is 0 Å². The molecule has 0 amide bonds. The summed E-state index contributed by atoms with van der Waals surface area (Å²) in [6.07, 6.45) is 0. The highest BCUT2D eigenvalue weighted by Crippen LogP contribution is 2.41. The molecule has 1 aliphatic carbocycles. The number of rotatable bonds is 1. The van der Waals surface area contributed by atoms with Crippen LogP contribution in [0.15, 0.2) is 42.5 Å². The number of hydrogen-bond donors (Lipinski definition) is 1. The Morgan fingerprint density at radius 3 is 2.29 bits per heavy atom. The number of carbonyl (C=O) groups is 1. The number of benzene rings is 2. The largest absolute Gasteiger partial charge is 0.743 e. The van der Waals surface area contributed by atoms with E-state index in [4.69, 9.17) is 5.84 Å². The predicted molar refractivity (Wildman–Crippen MR) is 65.3 cm³/mol. The fourth-order valence-corrected chi connectivity index (χ4v) is 2.24. The molecular weight excluding hydrogens is 216 g/mol. The van der Waals surface area contributed by atoms with Crippen LogP contribution in [0.4, 0.5) is 5.69 Å². The highest BCUT2D eigenvalue weighted by atomic mass is 16.5. The number of ketones is 1. The molecule has 2 aromatic carbocycles. The first-order chi connectivity index (χ1) is 8.20. The van der Waals surface area contributed by atoms with E-state index in [-0.39, 0.29) is 5.78 Å². The van der Waals surface area contributed by atoms with Gasteiger partial charge >= 0.3 is 0 Å². The molecule has 17 heavy (non-hydrogen) atoms. The van der Waals surface area contributed by atoms with E-state index in [1.165, 1.54) is 0 Å². The Labute approximate surface area is 97.8 Å². The zero-order chi connectivity index (χ0) is 12.0. The molecule has 0 fully saturated rings. The molecule has 2 aromatic rings. The van der Waals surface area contributed by atoms with Gasteiger partial charge in [0.25, 0.3) is 0 Å². The number of hydrogen-bond acceptors (Lipinski definition) is 4. The van der Waals surface area contributed by atoms with Crippen molar-refractivity contribution in [3.63, 3.8) is 0 Å². The van der Waals surface area contributed by atoms with Gasteiger partial charge in [-0.3, -0.25) is 10.6 Å². The quantitative estimate of drug-likeness (QED) is 0.508. The number of carbonyl (C=O) groups excluding carboxylic acids is 1. The zero-order valence-electron chi connectivity index (χ0n) is 8.88. The summed E-state index contributed by atoms with van der Waals surface area (Å²) in [6, 6.07) is 12.2. The Kier molecular flexibility index (Phi) is 2.01. The lowest BCUT2D eigenvalue weighted by Crippen LogP contribution is -2.23. The second kappa shape index (κ2) is 3.41. The molecule has 0 unspecified atom stereocenters. The van der Waals surface area contributed by atoms with Crippen LogP contribution in [-0.4, -0.2) is 5.78 Å². The van der Waals surface area contributed by atoms with Crippen molar-refractivity contribution in [3.8, 4) is 11.1 Å². The zero-order valence-corrected chi connectivity index (χ0v) is 8.88. The first kappa shape index (κ1) is 10.0.